The Hall–Kier alpha value is -2.57. The van der Waals surface area contributed by atoms with Gasteiger partial charge in [-0.05, 0) is 18.4 Å². The first-order valence-corrected chi connectivity index (χ1v) is 10.3. The van der Waals surface area contributed by atoms with Crippen LogP contribution in [0.25, 0.3) is 0 Å². The van der Waals surface area contributed by atoms with Gasteiger partial charge < -0.3 is 20.4 Å². The highest BCUT2D eigenvalue weighted by atomic mass is 16.2. The summed E-state index contributed by atoms with van der Waals surface area (Å²) in [5.41, 5.74) is 1.02. The zero-order valence-corrected chi connectivity index (χ0v) is 16.1. The minimum atomic E-state index is -0.592. The van der Waals surface area contributed by atoms with Crippen molar-refractivity contribution in [2.24, 2.45) is 0 Å². The predicted molar refractivity (Wildman–Crippen MR) is 105 cm³/mol. The summed E-state index contributed by atoms with van der Waals surface area (Å²) in [6, 6.07) is 8.69. The second kappa shape index (κ2) is 8.20. The lowest BCUT2D eigenvalue weighted by Crippen LogP contribution is -2.70. The van der Waals surface area contributed by atoms with E-state index in [1.54, 1.807) is 9.80 Å². The van der Waals surface area contributed by atoms with E-state index < -0.39 is 12.1 Å². The van der Waals surface area contributed by atoms with Crippen LogP contribution in [0, 0.1) is 0 Å². The quantitative estimate of drug-likeness (QED) is 0.824. The molecule has 1 aromatic carbocycles. The minimum absolute atomic E-state index is 0.0548. The van der Waals surface area contributed by atoms with Crippen LogP contribution < -0.4 is 10.6 Å². The van der Waals surface area contributed by atoms with E-state index in [0.29, 0.717) is 19.5 Å². The zero-order valence-electron chi connectivity index (χ0n) is 16.1. The third-order valence-electron chi connectivity index (χ3n) is 6.08. The van der Waals surface area contributed by atoms with E-state index in [4.69, 9.17) is 0 Å². The molecule has 4 amide bonds. The molecule has 1 aliphatic carbocycles. The maximum absolute atomic E-state index is 12.9. The van der Waals surface area contributed by atoms with Crippen LogP contribution in [0.1, 0.15) is 37.7 Å². The third-order valence-corrected chi connectivity index (χ3v) is 6.08. The van der Waals surface area contributed by atoms with Crippen molar-refractivity contribution < 1.29 is 14.4 Å². The first-order valence-electron chi connectivity index (χ1n) is 10.3. The molecule has 2 saturated heterocycles. The molecular formula is C21H28N4O3. The highest BCUT2D eigenvalue weighted by molar-refractivity contribution is 5.97. The largest absolute Gasteiger partial charge is 0.342 e. The van der Waals surface area contributed by atoms with Crippen molar-refractivity contribution in [1.82, 2.24) is 20.4 Å². The molecule has 4 rings (SSSR count). The van der Waals surface area contributed by atoms with Crippen LogP contribution in [0.5, 0.6) is 0 Å². The van der Waals surface area contributed by atoms with Crippen LogP contribution in [0.2, 0.25) is 0 Å². The molecule has 3 fully saturated rings. The molecule has 2 aliphatic heterocycles. The molecule has 1 aromatic rings. The summed E-state index contributed by atoms with van der Waals surface area (Å²) in [7, 11) is 0. The van der Waals surface area contributed by atoms with Crippen molar-refractivity contribution in [2.45, 2.75) is 56.7 Å². The van der Waals surface area contributed by atoms with E-state index in [0.717, 1.165) is 31.2 Å². The molecule has 0 aromatic heterocycles. The van der Waals surface area contributed by atoms with Gasteiger partial charge in [0.05, 0.1) is 6.54 Å². The van der Waals surface area contributed by atoms with E-state index in [9.17, 15) is 14.4 Å². The Morgan fingerprint density at radius 1 is 1.07 bits per heavy atom. The lowest BCUT2D eigenvalue weighted by atomic mass is 9.95. The molecule has 3 aliphatic rings. The molecule has 2 atom stereocenters. The minimum Gasteiger partial charge on any atom is -0.342 e. The number of amides is 4. The van der Waals surface area contributed by atoms with E-state index >= 15 is 0 Å². The number of nitrogens with one attached hydrogen (secondary N) is 2. The van der Waals surface area contributed by atoms with Gasteiger partial charge >= 0.3 is 6.03 Å². The van der Waals surface area contributed by atoms with E-state index in [1.807, 2.05) is 30.3 Å². The lowest BCUT2D eigenvalue weighted by molar-refractivity contribution is -0.152. The van der Waals surface area contributed by atoms with Gasteiger partial charge in [-0.1, -0.05) is 49.6 Å². The maximum atomic E-state index is 12.9. The highest BCUT2D eigenvalue weighted by Gasteiger charge is 2.44. The third kappa shape index (κ3) is 3.98. The zero-order chi connectivity index (χ0) is 19.5. The summed E-state index contributed by atoms with van der Waals surface area (Å²) in [4.78, 5) is 41.5. The number of nitrogens with zero attached hydrogens (tertiary/aromatic N) is 2. The van der Waals surface area contributed by atoms with Crippen LogP contribution >= 0.6 is 0 Å². The van der Waals surface area contributed by atoms with Gasteiger partial charge in [0.1, 0.15) is 12.1 Å². The van der Waals surface area contributed by atoms with Gasteiger partial charge in [0.25, 0.3) is 0 Å². The fourth-order valence-electron chi connectivity index (χ4n) is 4.49. The Balaban J connectivity index is 1.37. The summed E-state index contributed by atoms with van der Waals surface area (Å²) in [6.45, 7) is 1.13. The topological polar surface area (TPSA) is 81.8 Å². The molecule has 150 valence electrons. The number of piperazine rings is 2. The van der Waals surface area contributed by atoms with Crippen molar-refractivity contribution in [3.63, 3.8) is 0 Å². The molecule has 7 nitrogen and oxygen atoms in total. The number of hydrogen-bond donors (Lipinski definition) is 2. The van der Waals surface area contributed by atoms with Crippen LogP contribution in [0.15, 0.2) is 30.3 Å². The summed E-state index contributed by atoms with van der Waals surface area (Å²) >= 11 is 0. The van der Waals surface area contributed by atoms with Gasteiger partial charge in [-0.15, -0.1) is 0 Å². The standard InChI is InChI=1S/C21H28N4O3/c26-19-18-14-24(21(28)22-16-9-5-2-6-10-16)11-12-25(18)20(27)17(23-19)13-15-7-3-1-4-8-15/h1,3-4,7-8,16-18H,2,5-6,9-14H2,(H,22,28)(H,23,26). The fraction of sp³-hybridized carbons (Fsp3) is 0.571. The summed E-state index contributed by atoms with van der Waals surface area (Å²) < 4.78 is 0. The molecule has 2 N–H and O–H groups in total. The number of hydrogen-bond acceptors (Lipinski definition) is 3. The van der Waals surface area contributed by atoms with Crippen LogP contribution in [0.4, 0.5) is 4.79 Å². The van der Waals surface area contributed by atoms with Crippen molar-refractivity contribution in [1.29, 1.82) is 0 Å². The average Bonchev–Trinajstić information content (AvgIpc) is 2.73. The van der Waals surface area contributed by atoms with Crippen molar-refractivity contribution in [3.8, 4) is 0 Å². The van der Waals surface area contributed by atoms with E-state index in [-0.39, 0.29) is 30.4 Å². The smallest absolute Gasteiger partial charge is 0.317 e. The molecule has 7 heteroatoms. The Bertz CT molecular complexity index is 732. The Morgan fingerprint density at radius 2 is 1.82 bits per heavy atom. The lowest BCUT2D eigenvalue weighted by Gasteiger charge is -2.45. The Labute approximate surface area is 165 Å². The van der Waals surface area contributed by atoms with E-state index in [2.05, 4.69) is 10.6 Å². The van der Waals surface area contributed by atoms with Gasteiger partial charge in [-0.2, -0.15) is 0 Å². The highest BCUT2D eigenvalue weighted by Crippen LogP contribution is 2.20. The number of urea groups is 1. The number of benzene rings is 1. The first kappa shape index (κ1) is 18.8. The molecule has 0 bridgehead atoms. The van der Waals surface area contributed by atoms with Crippen LogP contribution in [-0.2, 0) is 16.0 Å². The van der Waals surface area contributed by atoms with Gasteiger partial charge in [-0.3, -0.25) is 9.59 Å². The number of fused-ring (bicyclic) bond motifs is 1. The SMILES string of the molecule is O=C1NC(Cc2ccccc2)C(=O)N2CCN(C(=O)NC3CCCCC3)CC12. The molecule has 1 saturated carbocycles. The molecule has 0 spiro atoms. The Morgan fingerprint density at radius 3 is 2.57 bits per heavy atom. The van der Waals surface area contributed by atoms with Crippen molar-refractivity contribution >= 4 is 17.8 Å². The fourth-order valence-corrected chi connectivity index (χ4v) is 4.49. The molecule has 2 unspecified atom stereocenters. The van der Waals surface area contributed by atoms with Gasteiger partial charge in [0, 0.05) is 25.6 Å². The van der Waals surface area contributed by atoms with Gasteiger partial charge in [-0.25, -0.2) is 4.79 Å². The molecule has 0 radical (unpaired) electrons. The van der Waals surface area contributed by atoms with Crippen LogP contribution in [-0.4, -0.2) is 65.4 Å². The van der Waals surface area contributed by atoms with Crippen molar-refractivity contribution in [3.05, 3.63) is 35.9 Å². The second-order valence-electron chi connectivity index (χ2n) is 8.03. The molecule has 28 heavy (non-hydrogen) atoms. The predicted octanol–water partition coefficient (Wildman–Crippen LogP) is 1.28. The monoisotopic (exact) mass is 384 g/mol. The van der Waals surface area contributed by atoms with Crippen LogP contribution in [0.3, 0.4) is 0 Å². The van der Waals surface area contributed by atoms with Crippen molar-refractivity contribution in [2.75, 3.05) is 19.6 Å². The van der Waals surface area contributed by atoms with Gasteiger partial charge in [0.15, 0.2) is 0 Å². The number of rotatable bonds is 3. The number of carbonyl (C=O) groups excluding carboxylic acids is 3. The molecular weight excluding hydrogens is 356 g/mol. The summed E-state index contributed by atoms with van der Waals surface area (Å²) in [5.74, 6) is -0.225. The summed E-state index contributed by atoms with van der Waals surface area (Å²) in [6.07, 6.45) is 6.08. The second-order valence-corrected chi connectivity index (χ2v) is 8.03. The first-order chi connectivity index (χ1) is 13.6. The maximum Gasteiger partial charge on any atom is 0.317 e. The molecule has 2 heterocycles. The number of carbonyl (C=O) groups is 3. The van der Waals surface area contributed by atoms with Gasteiger partial charge in [0.2, 0.25) is 11.8 Å². The average molecular weight is 384 g/mol. The summed E-state index contributed by atoms with van der Waals surface area (Å²) in [5, 5.41) is 5.97. The Kier molecular flexibility index (Phi) is 5.50. The van der Waals surface area contributed by atoms with E-state index in [1.165, 1.54) is 6.42 Å². The normalized spacial score (nSPS) is 25.9.